The number of carbonyl (C=O) groups excluding carboxylic acids is 1. The fraction of sp³-hybridized carbons (Fsp3) is 0.625. The van der Waals surface area contributed by atoms with Crippen molar-refractivity contribution < 1.29 is 19.0 Å². The number of ether oxygens (including phenoxy) is 3. The van der Waals surface area contributed by atoms with Gasteiger partial charge in [-0.2, -0.15) is 0 Å². The zero-order chi connectivity index (χ0) is 8.97. The maximum atomic E-state index is 11.0. The molecule has 4 heteroatoms. The minimum Gasteiger partial charge on any atom is -0.467 e. The molecule has 0 radical (unpaired) electrons. The van der Waals surface area contributed by atoms with Crippen LogP contribution in [0, 0.1) is 0 Å². The number of methoxy groups -OCH3 is 2. The molecule has 0 bridgehead atoms. The van der Waals surface area contributed by atoms with Gasteiger partial charge in [-0.15, -0.1) is 0 Å². The molecule has 1 aliphatic rings. The molecule has 1 aliphatic heterocycles. The third-order valence-electron chi connectivity index (χ3n) is 1.64. The first-order valence-electron chi connectivity index (χ1n) is 3.70. The molecule has 0 unspecified atom stereocenters. The van der Waals surface area contributed by atoms with E-state index in [0.29, 0.717) is 6.42 Å². The predicted molar refractivity (Wildman–Crippen MR) is 41.4 cm³/mol. The highest BCUT2D eigenvalue weighted by atomic mass is 16.7. The van der Waals surface area contributed by atoms with Gasteiger partial charge >= 0.3 is 5.97 Å². The monoisotopic (exact) mass is 172 g/mol. The molecule has 0 amide bonds. The topological polar surface area (TPSA) is 44.8 Å². The Balaban J connectivity index is 2.49. The Hall–Kier alpha value is -0.870. The van der Waals surface area contributed by atoms with Gasteiger partial charge in [0.15, 0.2) is 12.4 Å². The number of hydrogen-bond donors (Lipinski definition) is 0. The molecule has 0 saturated heterocycles. The second-order valence-electron chi connectivity index (χ2n) is 2.42. The average molecular weight is 172 g/mol. The van der Waals surface area contributed by atoms with Crippen LogP contribution in [-0.4, -0.2) is 32.6 Å². The lowest BCUT2D eigenvalue weighted by Gasteiger charge is -2.22. The van der Waals surface area contributed by atoms with Crippen molar-refractivity contribution in [3.05, 3.63) is 12.2 Å². The van der Waals surface area contributed by atoms with Gasteiger partial charge in [0.05, 0.1) is 7.11 Å². The Bertz CT molecular complexity index is 187. The molecule has 0 saturated carbocycles. The zero-order valence-corrected chi connectivity index (χ0v) is 7.15. The van der Waals surface area contributed by atoms with Gasteiger partial charge in [0.25, 0.3) is 0 Å². The predicted octanol–water partition coefficient (Wildman–Crippen LogP) is 0.477. The summed E-state index contributed by atoms with van der Waals surface area (Å²) in [5.41, 5.74) is 0. The van der Waals surface area contributed by atoms with Crippen LogP contribution in [0.15, 0.2) is 12.2 Å². The van der Waals surface area contributed by atoms with Crippen LogP contribution in [0.25, 0.3) is 0 Å². The van der Waals surface area contributed by atoms with Gasteiger partial charge in [-0.25, -0.2) is 4.79 Å². The Morgan fingerprint density at radius 1 is 1.58 bits per heavy atom. The van der Waals surface area contributed by atoms with Crippen LogP contribution in [0.3, 0.4) is 0 Å². The number of carbonyl (C=O) groups is 1. The van der Waals surface area contributed by atoms with Gasteiger partial charge in [-0.05, 0) is 6.08 Å². The summed E-state index contributed by atoms with van der Waals surface area (Å²) >= 11 is 0. The van der Waals surface area contributed by atoms with Crippen LogP contribution in [-0.2, 0) is 19.0 Å². The largest absolute Gasteiger partial charge is 0.467 e. The number of hydrogen-bond acceptors (Lipinski definition) is 4. The van der Waals surface area contributed by atoms with Crippen LogP contribution >= 0.6 is 0 Å². The van der Waals surface area contributed by atoms with Crippen molar-refractivity contribution in [2.24, 2.45) is 0 Å². The molecule has 0 aromatic heterocycles. The van der Waals surface area contributed by atoms with Crippen molar-refractivity contribution in [2.75, 3.05) is 14.2 Å². The molecule has 1 rings (SSSR count). The third kappa shape index (κ3) is 2.06. The van der Waals surface area contributed by atoms with Crippen molar-refractivity contribution in [3.8, 4) is 0 Å². The standard InChI is InChI=1S/C8H12O4/c1-10-7-5-3-4-6(12-7)8(9)11-2/h3,5-7H,4H2,1-2H3/t6-,7+/m1/s1. The van der Waals surface area contributed by atoms with Crippen molar-refractivity contribution in [1.29, 1.82) is 0 Å². The molecule has 4 nitrogen and oxygen atoms in total. The van der Waals surface area contributed by atoms with E-state index in [1.54, 1.807) is 6.08 Å². The van der Waals surface area contributed by atoms with Gasteiger partial charge in [0.1, 0.15) is 0 Å². The van der Waals surface area contributed by atoms with E-state index in [2.05, 4.69) is 4.74 Å². The molecule has 1 heterocycles. The molecule has 0 spiro atoms. The van der Waals surface area contributed by atoms with E-state index in [4.69, 9.17) is 9.47 Å². The van der Waals surface area contributed by atoms with E-state index in [0.717, 1.165) is 0 Å². The summed E-state index contributed by atoms with van der Waals surface area (Å²) in [5.74, 6) is -0.360. The minimum absolute atomic E-state index is 0.360. The molecule has 12 heavy (non-hydrogen) atoms. The van der Waals surface area contributed by atoms with E-state index in [-0.39, 0.29) is 5.97 Å². The summed E-state index contributed by atoms with van der Waals surface area (Å²) in [6.07, 6.45) is 3.21. The first-order chi connectivity index (χ1) is 5.77. The van der Waals surface area contributed by atoms with E-state index in [1.165, 1.54) is 14.2 Å². The molecule has 0 fully saturated rings. The summed E-state index contributed by atoms with van der Waals surface area (Å²) in [4.78, 5) is 11.0. The highest BCUT2D eigenvalue weighted by molar-refractivity contribution is 5.74. The quantitative estimate of drug-likeness (QED) is 0.449. The fourth-order valence-electron chi connectivity index (χ4n) is 0.993. The molecule has 0 aromatic carbocycles. The molecule has 0 N–H and O–H groups in total. The van der Waals surface area contributed by atoms with Gasteiger partial charge < -0.3 is 14.2 Å². The second-order valence-corrected chi connectivity index (χ2v) is 2.42. The van der Waals surface area contributed by atoms with Crippen LogP contribution in [0.5, 0.6) is 0 Å². The summed E-state index contributed by atoms with van der Waals surface area (Å²) in [7, 11) is 2.86. The lowest BCUT2D eigenvalue weighted by atomic mass is 10.2. The SMILES string of the molecule is COC(=O)[C@H]1CC=C[C@@H](OC)O1. The normalized spacial score (nSPS) is 28.5. The molecular formula is C8H12O4. The Labute approximate surface area is 71.1 Å². The van der Waals surface area contributed by atoms with E-state index in [1.807, 2.05) is 6.08 Å². The average Bonchev–Trinajstić information content (AvgIpc) is 2.17. The number of rotatable bonds is 2. The Kier molecular flexibility index (Phi) is 3.25. The molecular weight excluding hydrogens is 160 g/mol. The number of esters is 1. The van der Waals surface area contributed by atoms with Gasteiger partial charge in [0.2, 0.25) is 0 Å². The first-order valence-corrected chi connectivity index (χ1v) is 3.70. The minimum atomic E-state index is -0.523. The van der Waals surface area contributed by atoms with Crippen molar-refractivity contribution in [2.45, 2.75) is 18.8 Å². The van der Waals surface area contributed by atoms with Crippen LogP contribution in [0.1, 0.15) is 6.42 Å². The van der Waals surface area contributed by atoms with E-state index >= 15 is 0 Å². The van der Waals surface area contributed by atoms with E-state index < -0.39 is 12.4 Å². The van der Waals surface area contributed by atoms with Crippen LogP contribution in [0.4, 0.5) is 0 Å². The first kappa shape index (κ1) is 9.22. The van der Waals surface area contributed by atoms with Gasteiger partial charge in [-0.1, -0.05) is 6.08 Å². The second kappa shape index (κ2) is 4.23. The lowest BCUT2D eigenvalue weighted by Crippen LogP contribution is -2.32. The lowest BCUT2D eigenvalue weighted by molar-refractivity contribution is -0.175. The fourth-order valence-corrected chi connectivity index (χ4v) is 0.993. The van der Waals surface area contributed by atoms with Crippen molar-refractivity contribution >= 4 is 5.97 Å². The summed E-state index contributed by atoms with van der Waals surface area (Å²) < 4.78 is 14.6. The molecule has 68 valence electrons. The summed E-state index contributed by atoms with van der Waals surface area (Å²) in [5, 5.41) is 0. The Morgan fingerprint density at radius 2 is 2.33 bits per heavy atom. The molecule has 2 atom stereocenters. The Morgan fingerprint density at radius 3 is 2.92 bits per heavy atom. The highest BCUT2D eigenvalue weighted by Crippen LogP contribution is 2.13. The summed E-state index contributed by atoms with van der Waals surface area (Å²) in [6.45, 7) is 0. The summed E-state index contributed by atoms with van der Waals surface area (Å²) in [6, 6.07) is 0. The van der Waals surface area contributed by atoms with Crippen molar-refractivity contribution in [1.82, 2.24) is 0 Å². The maximum absolute atomic E-state index is 11.0. The maximum Gasteiger partial charge on any atom is 0.335 e. The smallest absolute Gasteiger partial charge is 0.335 e. The third-order valence-corrected chi connectivity index (χ3v) is 1.64. The zero-order valence-electron chi connectivity index (χ0n) is 7.15. The molecule has 0 aromatic rings. The van der Waals surface area contributed by atoms with Gasteiger partial charge in [0, 0.05) is 13.5 Å². The van der Waals surface area contributed by atoms with Crippen molar-refractivity contribution in [3.63, 3.8) is 0 Å². The van der Waals surface area contributed by atoms with Crippen LogP contribution < -0.4 is 0 Å². The molecule has 0 aliphatic carbocycles. The van der Waals surface area contributed by atoms with Crippen LogP contribution in [0.2, 0.25) is 0 Å². The highest BCUT2D eigenvalue weighted by Gasteiger charge is 2.24. The van der Waals surface area contributed by atoms with E-state index in [9.17, 15) is 4.79 Å². The van der Waals surface area contributed by atoms with Gasteiger partial charge in [-0.3, -0.25) is 0 Å².